The van der Waals surface area contributed by atoms with Crippen molar-refractivity contribution in [3.05, 3.63) is 48.5 Å². The molecule has 1 fully saturated rings. The normalized spacial score (nSPS) is 17.1. The highest BCUT2D eigenvalue weighted by atomic mass is 16.5. The lowest BCUT2D eigenvalue weighted by molar-refractivity contribution is -0.121. The molecule has 1 aliphatic heterocycles. The van der Waals surface area contributed by atoms with Crippen molar-refractivity contribution in [2.45, 2.75) is 12.5 Å². The van der Waals surface area contributed by atoms with Gasteiger partial charge in [0.15, 0.2) is 0 Å². The van der Waals surface area contributed by atoms with Gasteiger partial charge in [-0.1, -0.05) is 12.1 Å². The van der Waals surface area contributed by atoms with E-state index in [0.29, 0.717) is 17.2 Å². The monoisotopic (exact) mass is 326 g/mol. The SMILES string of the molecule is COc1cccc(NC2CC(=O)N(c3cccc(OC)c3)C2=O)c1. The number of benzene rings is 2. The first-order chi connectivity index (χ1) is 11.6. The Kier molecular flexibility index (Phi) is 4.37. The third-order valence-electron chi connectivity index (χ3n) is 3.87. The van der Waals surface area contributed by atoms with E-state index in [2.05, 4.69) is 5.32 Å². The number of carbonyl (C=O) groups excluding carboxylic acids is 2. The highest BCUT2D eigenvalue weighted by molar-refractivity contribution is 6.23. The summed E-state index contributed by atoms with van der Waals surface area (Å²) in [4.78, 5) is 26.1. The van der Waals surface area contributed by atoms with Gasteiger partial charge in [0.2, 0.25) is 5.91 Å². The maximum Gasteiger partial charge on any atom is 0.256 e. The lowest BCUT2D eigenvalue weighted by atomic mass is 10.2. The third kappa shape index (κ3) is 3.03. The fraction of sp³-hybridized carbons (Fsp3) is 0.222. The third-order valence-corrected chi connectivity index (χ3v) is 3.87. The van der Waals surface area contributed by atoms with Crippen molar-refractivity contribution in [2.24, 2.45) is 0 Å². The van der Waals surface area contributed by atoms with Crippen LogP contribution in [0.15, 0.2) is 48.5 Å². The smallest absolute Gasteiger partial charge is 0.256 e. The summed E-state index contributed by atoms with van der Waals surface area (Å²) in [6.07, 6.45) is 0.104. The Morgan fingerprint density at radius 3 is 2.38 bits per heavy atom. The molecule has 0 aliphatic carbocycles. The Hall–Kier alpha value is -3.02. The Bertz CT molecular complexity index is 775. The molecule has 6 heteroatoms. The summed E-state index contributed by atoms with van der Waals surface area (Å²) in [6.45, 7) is 0. The lowest BCUT2D eigenvalue weighted by Gasteiger charge is -2.17. The van der Waals surface area contributed by atoms with E-state index in [0.717, 1.165) is 5.69 Å². The van der Waals surface area contributed by atoms with Gasteiger partial charge < -0.3 is 14.8 Å². The van der Waals surface area contributed by atoms with Gasteiger partial charge in [-0.2, -0.15) is 0 Å². The minimum atomic E-state index is -0.601. The molecule has 6 nitrogen and oxygen atoms in total. The van der Waals surface area contributed by atoms with E-state index in [-0.39, 0.29) is 18.2 Å². The first-order valence-electron chi connectivity index (χ1n) is 7.54. The second kappa shape index (κ2) is 6.62. The van der Waals surface area contributed by atoms with Crippen LogP contribution in [0, 0.1) is 0 Å². The number of hydrogen-bond acceptors (Lipinski definition) is 5. The van der Waals surface area contributed by atoms with Crippen LogP contribution in [0.1, 0.15) is 6.42 Å². The molecule has 1 saturated heterocycles. The molecule has 2 aromatic rings. The van der Waals surface area contributed by atoms with Gasteiger partial charge in [0.25, 0.3) is 5.91 Å². The Labute approximate surface area is 140 Å². The molecule has 2 amide bonds. The molecular formula is C18H18N2O4. The lowest BCUT2D eigenvalue weighted by Crippen LogP contribution is -2.34. The molecule has 0 radical (unpaired) electrons. The van der Waals surface area contributed by atoms with Crippen LogP contribution in [0.4, 0.5) is 11.4 Å². The summed E-state index contributed by atoms with van der Waals surface area (Å²) in [7, 11) is 3.12. The molecule has 1 aliphatic rings. The number of hydrogen-bond donors (Lipinski definition) is 1. The molecule has 1 atom stereocenters. The van der Waals surface area contributed by atoms with E-state index >= 15 is 0 Å². The van der Waals surface area contributed by atoms with Crippen molar-refractivity contribution in [2.75, 3.05) is 24.4 Å². The van der Waals surface area contributed by atoms with Crippen LogP contribution in [0.5, 0.6) is 11.5 Å². The summed E-state index contributed by atoms with van der Waals surface area (Å²) in [5, 5.41) is 3.10. The molecule has 1 unspecified atom stereocenters. The number of carbonyl (C=O) groups is 2. The van der Waals surface area contributed by atoms with Gasteiger partial charge in [-0.3, -0.25) is 9.59 Å². The topological polar surface area (TPSA) is 67.9 Å². The zero-order chi connectivity index (χ0) is 17.1. The van der Waals surface area contributed by atoms with Gasteiger partial charge in [-0.05, 0) is 24.3 Å². The van der Waals surface area contributed by atoms with Crippen LogP contribution in [0.25, 0.3) is 0 Å². The molecule has 0 spiro atoms. The maximum absolute atomic E-state index is 12.6. The Morgan fingerprint density at radius 1 is 1.00 bits per heavy atom. The Morgan fingerprint density at radius 2 is 1.67 bits per heavy atom. The second-order valence-corrected chi connectivity index (χ2v) is 5.40. The van der Waals surface area contributed by atoms with Gasteiger partial charge in [-0.25, -0.2) is 4.90 Å². The van der Waals surface area contributed by atoms with Gasteiger partial charge in [0, 0.05) is 17.8 Å². The molecule has 24 heavy (non-hydrogen) atoms. The summed E-state index contributed by atoms with van der Waals surface area (Å²) in [5.74, 6) is 0.753. The second-order valence-electron chi connectivity index (χ2n) is 5.40. The molecule has 2 aromatic carbocycles. The fourth-order valence-electron chi connectivity index (χ4n) is 2.68. The van der Waals surface area contributed by atoms with E-state index in [1.165, 1.54) is 4.90 Å². The summed E-state index contributed by atoms with van der Waals surface area (Å²) < 4.78 is 10.3. The van der Waals surface area contributed by atoms with Crippen LogP contribution in [0.2, 0.25) is 0 Å². The highest BCUT2D eigenvalue weighted by Gasteiger charge is 2.39. The van der Waals surface area contributed by atoms with Crippen molar-refractivity contribution in [3.8, 4) is 11.5 Å². The predicted octanol–water partition coefficient (Wildman–Crippen LogP) is 2.45. The van der Waals surface area contributed by atoms with Crippen LogP contribution >= 0.6 is 0 Å². The van der Waals surface area contributed by atoms with E-state index in [4.69, 9.17) is 9.47 Å². The number of amides is 2. The zero-order valence-corrected chi connectivity index (χ0v) is 13.5. The van der Waals surface area contributed by atoms with Crippen LogP contribution < -0.4 is 19.7 Å². The van der Waals surface area contributed by atoms with Crippen molar-refractivity contribution in [1.29, 1.82) is 0 Å². The molecule has 0 saturated carbocycles. The fourth-order valence-corrected chi connectivity index (χ4v) is 2.68. The number of imide groups is 1. The highest BCUT2D eigenvalue weighted by Crippen LogP contribution is 2.28. The number of anilines is 2. The van der Waals surface area contributed by atoms with Gasteiger partial charge >= 0.3 is 0 Å². The van der Waals surface area contributed by atoms with Crippen molar-refractivity contribution >= 4 is 23.2 Å². The first-order valence-corrected chi connectivity index (χ1v) is 7.54. The van der Waals surface area contributed by atoms with E-state index in [1.807, 2.05) is 18.2 Å². The predicted molar refractivity (Wildman–Crippen MR) is 90.5 cm³/mol. The number of methoxy groups -OCH3 is 2. The average molecular weight is 326 g/mol. The molecule has 1 heterocycles. The number of nitrogens with one attached hydrogen (secondary N) is 1. The van der Waals surface area contributed by atoms with Gasteiger partial charge in [0.1, 0.15) is 17.5 Å². The minimum absolute atomic E-state index is 0.104. The van der Waals surface area contributed by atoms with Gasteiger partial charge in [0.05, 0.1) is 26.3 Å². The van der Waals surface area contributed by atoms with Crippen molar-refractivity contribution in [1.82, 2.24) is 0 Å². The number of ether oxygens (including phenoxy) is 2. The number of nitrogens with zero attached hydrogens (tertiary/aromatic N) is 1. The van der Waals surface area contributed by atoms with Crippen LogP contribution in [-0.2, 0) is 9.59 Å². The van der Waals surface area contributed by atoms with E-state index < -0.39 is 6.04 Å². The Balaban J connectivity index is 1.80. The molecule has 124 valence electrons. The average Bonchev–Trinajstić information content (AvgIpc) is 2.88. The first kappa shape index (κ1) is 15.9. The molecule has 1 N–H and O–H groups in total. The summed E-state index contributed by atoms with van der Waals surface area (Å²) >= 11 is 0. The van der Waals surface area contributed by atoms with E-state index in [1.54, 1.807) is 44.6 Å². The quantitative estimate of drug-likeness (QED) is 0.855. The molecule has 0 bridgehead atoms. The molecular weight excluding hydrogens is 308 g/mol. The number of rotatable bonds is 5. The minimum Gasteiger partial charge on any atom is -0.497 e. The van der Waals surface area contributed by atoms with Crippen LogP contribution in [-0.4, -0.2) is 32.1 Å². The summed E-state index contributed by atoms with van der Waals surface area (Å²) in [5.41, 5.74) is 1.24. The largest absolute Gasteiger partial charge is 0.497 e. The zero-order valence-electron chi connectivity index (χ0n) is 13.5. The van der Waals surface area contributed by atoms with Gasteiger partial charge in [-0.15, -0.1) is 0 Å². The summed E-state index contributed by atoms with van der Waals surface area (Å²) in [6, 6.07) is 13.5. The standard InChI is InChI=1S/C18H18N2O4/c1-23-14-7-3-5-12(9-14)19-16-11-17(21)20(18(16)22)13-6-4-8-15(10-13)24-2/h3-10,16,19H,11H2,1-2H3. The van der Waals surface area contributed by atoms with Crippen molar-refractivity contribution < 1.29 is 19.1 Å². The van der Waals surface area contributed by atoms with Crippen LogP contribution in [0.3, 0.4) is 0 Å². The molecule has 0 aromatic heterocycles. The van der Waals surface area contributed by atoms with Crippen molar-refractivity contribution in [3.63, 3.8) is 0 Å². The maximum atomic E-state index is 12.6. The molecule has 3 rings (SSSR count). The van der Waals surface area contributed by atoms with E-state index in [9.17, 15) is 9.59 Å².